The second kappa shape index (κ2) is 6.15. The predicted molar refractivity (Wildman–Crippen MR) is 74.4 cm³/mol. The van der Waals surface area contributed by atoms with Crippen molar-refractivity contribution in [2.24, 2.45) is 0 Å². The number of hydrogen-bond donors (Lipinski definition) is 1. The summed E-state index contributed by atoms with van der Waals surface area (Å²) in [5.41, 5.74) is 0. The summed E-state index contributed by atoms with van der Waals surface area (Å²) in [6.45, 7) is 2.06. The predicted octanol–water partition coefficient (Wildman–Crippen LogP) is 3.35. The van der Waals surface area contributed by atoms with Crippen molar-refractivity contribution < 1.29 is 9.90 Å². The number of thiophene rings is 1. The first-order chi connectivity index (χ1) is 8.66. The fourth-order valence-corrected chi connectivity index (χ4v) is 3.50. The summed E-state index contributed by atoms with van der Waals surface area (Å²) >= 11 is 3.35. The quantitative estimate of drug-likeness (QED) is 0.500. The molecule has 18 heavy (non-hydrogen) atoms. The number of aromatic nitrogens is 2. The van der Waals surface area contributed by atoms with Gasteiger partial charge in [-0.2, -0.15) is 0 Å². The van der Waals surface area contributed by atoms with Crippen molar-refractivity contribution in [2.45, 2.75) is 31.2 Å². The highest BCUT2D eigenvalue weighted by molar-refractivity contribution is 7.99. The molecule has 6 heteroatoms. The number of carboxylic acids is 1. The molecule has 0 aliphatic heterocycles. The molecule has 0 bridgehead atoms. The molecule has 0 unspecified atom stereocenters. The van der Waals surface area contributed by atoms with Crippen LogP contribution in [0.15, 0.2) is 17.4 Å². The van der Waals surface area contributed by atoms with E-state index in [9.17, 15) is 4.79 Å². The van der Waals surface area contributed by atoms with Gasteiger partial charge >= 0.3 is 5.97 Å². The summed E-state index contributed by atoms with van der Waals surface area (Å²) in [7, 11) is 0. The number of hydrogen-bond acceptors (Lipinski definition) is 5. The van der Waals surface area contributed by atoms with Gasteiger partial charge in [0.25, 0.3) is 0 Å². The molecule has 0 aromatic carbocycles. The standard InChI is InChI=1S/C12H14N2O2S2/c1-8-6-9-11(13-7-14-12(9)18-8)17-5-3-2-4-10(15)16/h6-7H,2-5H2,1H3,(H,15,16). The molecule has 2 aromatic heterocycles. The Hall–Kier alpha value is -1.14. The van der Waals surface area contributed by atoms with Crippen LogP contribution in [0.3, 0.4) is 0 Å². The zero-order valence-electron chi connectivity index (χ0n) is 10.0. The third-order valence-corrected chi connectivity index (χ3v) is 4.49. The Bertz CT molecular complexity index is 554. The van der Waals surface area contributed by atoms with Crippen LogP contribution >= 0.6 is 23.1 Å². The monoisotopic (exact) mass is 282 g/mol. The Kier molecular flexibility index (Phi) is 4.54. The number of unbranched alkanes of at least 4 members (excludes halogenated alkanes) is 1. The largest absolute Gasteiger partial charge is 0.481 e. The first-order valence-electron chi connectivity index (χ1n) is 5.72. The van der Waals surface area contributed by atoms with Crippen molar-refractivity contribution in [3.05, 3.63) is 17.3 Å². The number of rotatable bonds is 6. The molecule has 0 aliphatic rings. The fourth-order valence-electron chi connectivity index (χ4n) is 1.62. The minimum atomic E-state index is -0.724. The molecule has 0 radical (unpaired) electrons. The second-order valence-electron chi connectivity index (χ2n) is 3.95. The van der Waals surface area contributed by atoms with Gasteiger partial charge in [-0.25, -0.2) is 9.97 Å². The molecule has 4 nitrogen and oxygen atoms in total. The Balaban J connectivity index is 1.93. The number of carbonyl (C=O) groups is 1. The van der Waals surface area contributed by atoms with Gasteiger partial charge in [-0.3, -0.25) is 4.79 Å². The van der Waals surface area contributed by atoms with Gasteiger partial charge < -0.3 is 5.11 Å². The third kappa shape index (κ3) is 3.43. The molecule has 0 aliphatic carbocycles. The number of fused-ring (bicyclic) bond motifs is 1. The normalized spacial score (nSPS) is 10.9. The SMILES string of the molecule is Cc1cc2c(SCCCCC(=O)O)ncnc2s1. The maximum atomic E-state index is 10.4. The second-order valence-corrected chi connectivity index (χ2v) is 6.27. The van der Waals surface area contributed by atoms with Crippen molar-refractivity contribution in [1.82, 2.24) is 9.97 Å². The summed E-state index contributed by atoms with van der Waals surface area (Å²) in [5.74, 6) is 0.173. The first-order valence-corrected chi connectivity index (χ1v) is 7.53. The zero-order chi connectivity index (χ0) is 13.0. The van der Waals surface area contributed by atoms with Crippen LogP contribution in [0.5, 0.6) is 0 Å². The van der Waals surface area contributed by atoms with Crippen LogP contribution in [0.1, 0.15) is 24.1 Å². The van der Waals surface area contributed by atoms with E-state index in [0.717, 1.165) is 33.8 Å². The van der Waals surface area contributed by atoms with Crippen molar-refractivity contribution in [1.29, 1.82) is 0 Å². The molecule has 0 atom stereocenters. The molecule has 2 aromatic rings. The van der Waals surface area contributed by atoms with Crippen LogP contribution in [-0.4, -0.2) is 26.8 Å². The van der Waals surface area contributed by atoms with Crippen LogP contribution < -0.4 is 0 Å². The number of nitrogens with zero attached hydrogens (tertiary/aromatic N) is 2. The van der Waals surface area contributed by atoms with E-state index >= 15 is 0 Å². The molecule has 96 valence electrons. The van der Waals surface area contributed by atoms with E-state index in [0.29, 0.717) is 0 Å². The lowest BCUT2D eigenvalue weighted by molar-refractivity contribution is -0.137. The Morgan fingerprint density at radius 1 is 1.44 bits per heavy atom. The minimum Gasteiger partial charge on any atom is -0.481 e. The average molecular weight is 282 g/mol. The minimum absolute atomic E-state index is 0.247. The molecule has 2 rings (SSSR count). The lowest BCUT2D eigenvalue weighted by atomic mass is 10.3. The fraction of sp³-hybridized carbons (Fsp3) is 0.417. The van der Waals surface area contributed by atoms with Crippen LogP contribution in [0.25, 0.3) is 10.2 Å². The maximum absolute atomic E-state index is 10.4. The number of aliphatic carboxylic acids is 1. The molecule has 0 spiro atoms. The molecular weight excluding hydrogens is 268 g/mol. The molecule has 0 saturated carbocycles. The highest BCUT2D eigenvalue weighted by Crippen LogP contribution is 2.30. The van der Waals surface area contributed by atoms with E-state index in [1.165, 1.54) is 4.88 Å². The summed E-state index contributed by atoms with van der Waals surface area (Å²) in [6, 6.07) is 2.11. The van der Waals surface area contributed by atoms with Gasteiger partial charge in [0.1, 0.15) is 16.2 Å². The van der Waals surface area contributed by atoms with Crippen LogP contribution in [-0.2, 0) is 4.79 Å². The van der Waals surface area contributed by atoms with Crippen molar-refractivity contribution in [2.75, 3.05) is 5.75 Å². The van der Waals surface area contributed by atoms with E-state index in [4.69, 9.17) is 5.11 Å². The lowest BCUT2D eigenvalue weighted by Gasteiger charge is -2.01. The Labute approximate surface area is 113 Å². The van der Waals surface area contributed by atoms with Crippen molar-refractivity contribution in [3.8, 4) is 0 Å². The van der Waals surface area contributed by atoms with Crippen molar-refractivity contribution >= 4 is 39.3 Å². The Morgan fingerprint density at radius 2 is 2.28 bits per heavy atom. The Morgan fingerprint density at radius 3 is 3.06 bits per heavy atom. The summed E-state index contributed by atoms with van der Waals surface area (Å²) in [6.07, 6.45) is 3.46. The topological polar surface area (TPSA) is 63.1 Å². The van der Waals surface area contributed by atoms with E-state index < -0.39 is 5.97 Å². The lowest BCUT2D eigenvalue weighted by Crippen LogP contribution is -1.94. The van der Waals surface area contributed by atoms with Gasteiger partial charge in [-0.1, -0.05) is 0 Å². The number of carboxylic acid groups (broad SMARTS) is 1. The zero-order valence-corrected chi connectivity index (χ0v) is 11.7. The number of aryl methyl sites for hydroxylation is 1. The van der Waals surface area contributed by atoms with Crippen molar-refractivity contribution in [3.63, 3.8) is 0 Å². The van der Waals surface area contributed by atoms with E-state index in [1.54, 1.807) is 29.4 Å². The first kappa shape index (κ1) is 13.3. The summed E-state index contributed by atoms with van der Waals surface area (Å²) in [4.78, 5) is 21.2. The summed E-state index contributed by atoms with van der Waals surface area (Å²) in [5, 5.41) is 10.7. The molecule has 0 fully saturated rings. The highest BCUT2D eigenvalue weighted by atomic mass is 32.2. The van der Waals surface area contributed by atoms with E-state index in [2.05, 4.69) is 23.0 Å². The average Bonchev–Trinajstić information content (AvgIpc) is 2.69. The van der Waals surface area contributed by atoms with E-state index in [1.807, 2.05) is 0 Å². The number of thioether (sulfide) groups is 1. The van der Waals surface area contributed by atoms with Gasteiger partial charge in [-0.15, -0.1) is 23.1 Å². The van der Waals surface area contributed by atoms with Gasteiger partial charge in [0.05, 0.1) is 0 Å². The van der Waals surface area contributed by atoms with Gasteiger partial charge in [0.15, 0.2) is 0 Å². The molecule has 2 heterocycles. The molecule has 0 amide bonds. The van der Waals surface area contributed by atoms with Crippen LogP contribution in [0.4, 0.5) is 0 Å². The van der Waals surface area contributed by atoms with Gasteiger partial charge in [0.2, 0.25) is 0 Å². The van der Waals surface area contributed by atoms with Gasteiger partial charge in [0, 0.05) is 16.7 Å². The van der Waals surface area contributed by atoms with Crippen LogP contribution in [0.2, 0.25) is 0 Å². The highest BCUT2D eigenvalue weighted by Gasteiger charge is 2.07. The van der Waals surface area contributed by atoms with E-state index in [-0.39, 0.29) is 6.42 Å². The molecular formula is C12H14N2O2S2. The maximum Gasteiger partial charge on any atom is 0.303 e. The molecule has 1 N–H and O–H groups in total. The molecule has 0 saturated heterocycles. The van der Waals surface area contributed by atoms with Crippen LogP contribution in [0, 0.1) is 6.92 Å². The summed E-state index contributed by atoms with van der Waals surface area (Å²) < 4.78 is 0. The third-order valence-electron chi connectivity index (χ3n) is 2.44. The van der Waals surface area contributed by atoms with Gasteiger partial charge in [-0.05, 0) is 31.6 Å². The smallest absolute Gasteiger partial charge is 0.303 e.